The number of rotatable bonds is 8. The summed E-state index contributed by atoms with van der Waals surface area (Å²) in [6.07, 6.45) is 3.92. The van der Waals surface area contributed by atoms with Crippen molar-refractivity contribution in [1.29, 1.82) is 0 Å². The van der Waals surface area contributed by atoms with Gasteiger partial charge in [-0.2, -0.15) is 0 Å². The van der Waals surface area contributed by atoms with Crippen molar-refractivity contribution in [2.24, 2.45) is 0 Å². The van der Waals surface area contributed by atoms with E-state index in [1.807, 2.05) is 0 Å². The largest absolute Gasteiger partial charge is 0.396 e. The summed E-state index contributed by atoms with van der Waals surface area (Å²) in [5.41, 5.74) is 0. The van der Waals surface area contributed by atoms with Crippen LogP contribution in [-0.2, 0) is 0 Å². The van der Waals surface area contributed by atoms with Crippen molar-refractivity contribution < 1.29 is 15.3 Å². The first-order valence-corrected chi connectivity index (χ1v) is 5.19. The van der Waals surface area contributed by atoms with Crippen LogP contribution < -0.4 is 0 Å². The lowest BCUT2D eigenvalue weighted by atomic mass is 10.0. The Bertz CT molecular complexity index is 106. The predicted molar refractivity (Wildman–Crippen MR) is 52.5 cm³/mol. The molecule has 0 aromatic heterocycles. The zero-order valence-corrected chi connectivity index (χ0v) is 8.45. The van der Waals surface area contributed by atoms with E-state index in [-0.39, 0.29) is 13.0 Å². The van der Waals surface area contributed by atoms with Crippen LogP contribution in [0.15, 0.2) is 0 Å². The van der Waals surface area contributed by atoms with E-state index in [1.165, 1.54) is 12.8 Å². The molecule has 0 fully saturated rings. The van der Waals surface area contributed by atoms with Crippen LogP contribution in [-0.4, -0.2) is 34.1 Å². The quantitative estimate of drug-likeness (QED) is 0.502. The molecular weight excluding hydrogens is 168 g/mol. The third-order valence-electron chi connectivity index (χ3n) is 2.22. The molecule has 0 aliphatic carbocycles. The highest BCUT2D eigenvalue weighted by molar-refractivity contribution is 4.66. The lowest BCUT2D eigenvalue weighted by molar-refractivity contribution is -0.0000904. The molecule has 0 saturated heterocycles. The summed E-state index contributed by atoms with van der Waals surface area (Å²) in [5.74, 6) is 0. The van der Waals surface area contributed by atoms with Gasteiger partial charge < -0.3 is 15.3 Å². The number of hydrogen-bond acceptors (Lipinski definition) is 3. The van der Waals surface area contributed by atoms with E-state index in [1.54, 1.807) is 0 Å². The van der Waals surface area contributed by atoms with E-state index in [0.717, 1.165) is 12.8 Å². The fraction of sp³-hybridized carbons (Fsp3) is 1.00. The molecule has 0 aliphatic rings. The highest BCUT2D eigenvalue weighted by Gasteiger charge is 2.14. The van der Waals surface area contributed by atoms with Crippen LogP contribution in [0.2, 0.25) is 0 Å². The Balaban J connectivity index is 3.32. The molecule has 80 valence electrons. The molecule has 0 heterocycles. The molecular formula is C10H22O3. The molecule has 3 nitrogen and oxygen atoms in total. The van der Waals surface area contributed by atoms with Crippen LogP contribution in [0.4, 0.5) is 0 Å². The second kappa shape index (κ2) is 8.48. The van der Waals surface area contributed by atoms with Gasteiger partial charge in [-0.1, -0.05) is 32.6 Å². The third-order valence-corrected chi connectivity index (χ3v) is 2.22. The second-order valence-corrected chi connectivity index (χ2v) is 3.50. The first-order chi connectivity index (χ1) is 6.22. The SMILES string of the molecule is CCCCCCC(O)C(O)CCO. The first kappa shape index (κ1) is 12.9. The van der Waals surface area contributed by atoms with Crippen LogP contribution in [0, 0.1) is 0 Å². The smallest absolute Gasteiger partial charge is 0.0820 e. The molecule has 0 aromatic rings. The molecule has 0 bridgehead atoms. The van der Waals surface area contributed by atoms with Gasteiger partial charge in [-0.15, -0.1) is 0 Å². The molecule has 2 atom stereocenters. The zero-order valence-electron chi connectivity index (χ0n) is 8.45. The average Bonchev–Trinajstić information content (AvgIpc) is 2.12. The van der Waals surface area contributed by atoms with Crippen molar-refractivity contribution >= 4 is 0 Å². The molecule has 2 unspecified atom stereocenters. The maximum atomic E-state index is 9.39. The minimum atomic E-state index is -0.758. The van der Waals surface area contributed by atoms with Gasteiger partial charge in [-0.3, -0.25) is 0 Å². The second-order valence-electron chi connectivity index (χ2n) is 3.50. The average molecular weight is 190 g/mol. The predicted octanol–water partition coefficient (Wildman–Crippen LogP) is 1.06. The third kappa shape index (κ3) is 6.99. The van der Waals surface area contributed by atoms with Gasteiger partial charge >= 0.3 is 0 Å². The minimum absolute atomic E-state index is 0.0623. The molecule has 0 radical (unpaired) electrons. The standard InChI is InChI=1S/C10H22O3/c1-2-3-4-5-6-9(12)10(13)7-8-11/h9-13H,2-8H2,1H3. The van der Waals surface area contributed by atoms with Crippen molar-refractivity contribution in [3.63, 3.8) is 0 Å². The summed E-state index contributed by atoms with van der Waals surface area (Å²) < 4.78 is 0. The van der Waals surface area contributed by atoms with E-state index in [0.29, 0.717) is 6.42 Å². The Hall–Kier alpha value is -0.120. The molecule has 13 heavy (non-hydrogen) atoms. The number of hydrogen-bond donors (Lipinski definition) is 3. The number of aliphatic hydroxyl groups excluding tert-OH is 3. The molecule has 3 N–H and O–H groups in total. The van der Waals surface area contributed by atoms with Gasteiger partial charge in [0.2, 0.25) is 0 Å². The summed E-state index contributed by atoms with van der Waals surface area (Å²) in [5, 5.41) is 27.2. The van der Waals surface area contributed by atoms with E-state index in [2.05, 4.69) is 6.92 Å². The van der Waals surface area contributed by atoms with Crippen molar-refractivity contribution in [3.8, 4) is 0 Å². The summed E-state index contributed by atoms with van der Waals surface area (Å²) in [6, 6.07) is 0. The van der Waals surface area contributed by atoms with Crippen LogP contribution in [0.1, 0.15) is 45.4 Å². The highest BCUT2D eigenvalue weighted by Crippen LogP contribution is 2.09. The molecule has 3 heteroatoms. The lowest BCUT2D eigenvalue weighted by Crippen LogP contribution is -2.26. The van der Waals surface area contributed by atoms with Crippen LogP contribution in [0.25, 0.3) is 0 Å². The van der Waals surface area contributed by atoms with Crippen molar-refractivity contribution in [3.05, 3.63) is 0 Å². The molecule has 0 saturated carbocycles. The molecule has 0 aromatic carbocycles. The minimum Gasteiger partial charge on any atom is -0.396 e. The van der Waals surface area contributed by atoms with Gasteiger partial charge in [0.05, 0.1) is 12.2 Å². The van der Waals surface area contributed by atoms with Gasteiger partial charge in [-0.25, -0.2) is 0 Å². The van der Waals surface area contributed by atoms with Gasteiger partial charge in [0.1, 0.15) is 0 Å². The van der Waals surface area contributed by atoms with E-state index < -0.39 is 12.2 Å². The summed E-state index contributed by atoms with van der Waals surface area (Å²) in [4.78, 5) is 0. The Morgan fingerprint density at radius 3 is 2.08 bits per heavy atom. The van der Waals surface area contributed by atoms with Gasteiger partial charge in [-0.05, 0) is 12.8 Å². The Kier molecular flexibility index (Phi) is 8.40. The van der Waals surface area contributed by atoms with E-state index in [9.17, 15) is 10.2 Å². The van der Waals surface area contributed by atoms with E-state index in [4.69, 9.17) is 5.11 Å². The topological polar surface area (TPSA) is 60.7 Å². The zero-order chi connectivity index (χ0) is 10.1. The van der Waals surface area contributed by atoms with Gasteiger partial charge in [0, 0.05) is 6.61 Å². The maximum Gasteiger partial charge on any atom is 0.0820 e. The van der Waals surface area contributed by atoms with Crippen molar-refractivity contribution in [2.45, 2.75) is 57.7 Å². The number of aliphatic hydroxyl groups is 3. The Morgan fingerprint density at radius 2 is 1.54 bits per heavy atom. The Labute approximate surface area is 80.4 Å². The first-order valence-electron chi connectivity index (χ1n) is 5.19. The number of unbranched alkanes of at least 4 members (excludes halogenated alkanes) is 3. The Morgan fingerprint density at radius 1 is 0.923 bits per heavy atom. The highest BCUT2D eigenvalue weighted by atomic mass is 16.3. The van der Waals surface area contributed by atoms with Gasteiger partial charge in [0.25, 0.3) is 0 Å². The van der Waals surface area contributed by atoms with Crippen molar-refractivity contribution in [2.75, 3.05) is 6.61 Å². The fourth-order valence-corrected chi connectivity index (χ4v) is 1.30. The normalized spacial score (nSPS) is 15.7. The molecule has 0 rings (SSSR count). The van der Waals surface area contributed by atoms with E-state index >= 15 is 0 Å². The van der Waals surface area contributed by atoms with Crippen molar-refractivity contribution in [1.82, 2.24) is 0 Å². The molecule has 0 amide bonds. The lowest BCUT2D eigenvalue weighted by Gasteiger charge is -2.16. The summed E-state index contributed by atoms with van der Waals surface area (Å²) >= 11 is 0. The summed E-state index contributed by atoms with van der Waals surface area (Å²) in [7, 11) is 0. The van der Waals surface area contributed by atoms with Gasteiger partial charge in [0.15, 0.2) is 0 Å². The monoisotopic (exact) mass is 190 g/mol. The summed E-state index contributed by atoms with van der Waals surface area (Å²) in [6.45, 7) is 2.07. The maximum absolute atomic E-state index is 9.39. The molecule has 0 spiro atoms. The van der Waals surface area contributed by atoms with Crippen LogP contribution in [0.5, 0.6) is 0 Å². The molecule has 0 aliphatic heterocycles. The fourth-order valence-electron chi connectivity index (χ4n) is 1.30. The van der Waals surface area contributed by atoms with Crippen LogP contribution in [0.3, 0.4) is 0 Å². The van der Waals surface area contributed by atoms with Crippen LogP contribution >= 0.6 is 0 Å².